The fourth-order valence-corrected chi connectivity index (χ4v) is 4.48. The Balaban J connectivity index is 2.30. The number of fused-ring (bicyclic) bond motifs is 1. The standard InChI is InChI=1S/C20H20ClNO2S/c1-5-22-18(11-13(3)23)25-17-9-8-16(24-4)19(20(17)22)14-10-12(2)6-7-15(14)21/h6-11H,5H2,1-4H3. The Kier molecular flexibility index (Phi) is 5.11. The van der Waals surface area contributed by atoms with Gasteiger partial charge in [0.15, 0.2) is 5.78 Å². The number of hydrogen-bond acceptors (Lipinski definition) is 4. The van der Waals surface area contributed by atoms with Gasteiger partial charge in [-0.15, -0.1) is 0 Å². The summed E-state index contributed by atoms with van der Waals surface area (Å²) in [6, 6.07) is 9.98. The normalized spacial score (nSPS) is 14.8. The molecule has 25 heavy (non-hydrogen) atoms. The fraction of sp³-hybridized carbons (Fsp3) is 0.250. The molecule has 0 aromatic heterocycles. The van der Waals surface area contributed by atoms with Gasteiger partial charge in [-0.3, -0.25) is 4.79 Å². The van der Waals surface area contributed by atoms with Crippen LogP contribution >= 0.6 is 23.4 Å². The maximum atomic E-state index is 11.6. The molecule has 1 heterocycles. The molecule has 0 bridgehead atoms. The zero-order valence-corrected chi connectivity index (χ0v) is 16.3. The molecule has 2 aromatic rings. The van der Waals surface area contributed by atoms with Gasteiger partial charge in [-0.25, -0.2) is 0 Å². The molecule has 0 aliphatic carbocycles. The number of ketones is 1. The summed E-state index contributed by atoms with van der Waals surface area (Å²) < 4.78 is 5.65. The summed E-state index contributed by atoms with van der Waals surface area (Å²) in [4.78, 5) is 14.9. The smallest absolute Gasteiger partial charge is 0.155 e. The van der Waals surface area contributed by atoms with Crippen molar-refractivity contribution in [1.29, 1.82) is 0 Å². The van der Waals surface area contributed by atoms with Crippen LogP contribution in [0.4, 0.5) is 5.69 Å². The molecule has 5 heteroatoms. The first-order chi connectivity index (χ1) is 12.0. The average Bonchev–Trinajstić information content (AvgIpc) is 2.92. The summed E-state index contributed by atoms with van der Waals surface area (Å²) in [5.41, 5.74) is 4.09. The number of benzene rings is 2. The second-order valence-electron chi connectivity index (χ2n) is 5.91. The summed E-state index contributed by atoms with van der Waals surface area (Å²) in [5.74, 6) is 0.810. The maximum Gasteiger partial charge on any atom is 0.155 e. The number of carbonyl (C=O) groups excluding carboxylic acids is 1. The Bertz CT molecular complexity index is 876. The molecule has 2 aromatic carbocycles. The second-order valence-corrected chi connectivity index (χ2v) is 7.38. The number of ether oxygens (including phenoxy) is 1. The van der Waals surface area contributed by atoms with E-state index in [4.69, 9.17) is 16.3 Å². The molecule has 0 saturated heterocycles. The third kappa shape index (κ3) is 3.29. The van der Waals surface area contributed by atoms with Crippen LogP contribution < -0.4 is 9.64 Å². The van der Waals surface area contributed by atoms with E-state index in [0.717, 1.165) is 44.6 Å². The molecule has 1 aliphatic rings. The summed E-state index contributed by atoms with van der Waals surface area (Å²) in [6.45, 7) is 6.44. The van der Waals surface area contributed by atoms with Crippen molar-refractivity contribution in [2.24, 2.45) is 0 Å². The number of aryl methyl sites for hydroxylation is 1. The average molecular weight is 374 g/mol. The zero-order valence-electron chi connectivity index (χ0n) is 14.7. The SMILES string of the molecule is CCN1C(=CC(C)=O)Sc2ccc(OC)c(-c3cc(C)ccc3Cl)c21. The van der Waals surface area contributed by atoms with Crippen LogP contribution in [-0.2, 0) is 4.79 Å². The highest BCUT2D eigenvalue weighted by atomic mass is 35.5. The number of allylic oxidation sites excluding steroid dienone is 1. The first-order valence-electron chi connectivity index (χ1n) is 8.11. The van der Waals surface area contributed by atoms with Crippen molar-refractivity contribution in [2.45, 2.75) is 25.7 Å². The maximum absolute atomic E-state index is 11.6. The van der Waals surface area contributed by atoms with Crippen LogP contribution in [0.1, 0.15) is 19.4 Å². The van der Waals surface area contributed by atoms with E-state index in [0.29, 0.717) is 5.02 Å². The van der Waals surface area contributed by atoms with Crippen molar-refractivity contribution in [3.05, 3.63) is 52.0 Å². The first-order valence-corrected chi connectivity index (χ1v) is 9.30. The van der Waals surface area contributed by atoms with Crippen molar-refractivity contribution in [3.63, 3.8) is 0 Å². The molecule has 0 radical (unpaired) electrons. The zero-order chi connectivity index (χ0) is 18.1. The molecular formula is C20H20ClNO2S. The van der Waals surface area contributed by atoms with Crippen molar-refractivity contribution >= 4 is 34.8 Å². The van der Waals surface area contributed by atoms with Crippen molar-refractivity contribution < 1.29 is 9.53 Å². The molecule has 0 unspecified atom stereocenters. The number of nitrogens with zero attached hydrogens (tertiary/aromatic N) is 1. The molecule has 0 saturated carbocycles. The summed E-state index contributed by atoms with van der Waals surface area (Å²) >= 11 is 8.13. The minimum atomic E-state index is 0.0378. The lowest BCUT2D eigenvalue weighted by molar-refractivity contribution is -0.112. The van der Waals surface area contributed by atoms with Gasteiger partial charge in [0, 0.05) is 28.1 Å². The molecule has 0 spiro atoms. The van der Waals surface area contributed by atoms with E-state index < -0.39 is 0 Å². The van der Waals surface area contributed by atoms with E-state index in [1.54, 1.807) is 31.9 Å². The minimum Gasteiger partial charge on any atom is -0.496 e. The van der Waals surface area contributed by atoms with Gasteiger partial charge >= 0.3 is 0 Å². The summed E-state index contributed by atoms with van der Waals surface area (Å²) in [6.07, 6.45) is 1.68. The van der Waals surface area contributed by atoms with Gasteiger partial charge in [-0.2, -0.15) is 0 Å². The van der Waals surface area contributed by atoms with E-state index in [2.05, 4.69) is 17.9 Å². The predicted octanol–water partition coefficient (Wildman–Crippen LogP) is 5.69. The Labute approximate surface area is 157 Å². The van der Waals surface area contributed by atoms with Crippen LogP contribution in [-0.4, -0.2) is 19.4 Å². The van der Waals surface area contributed by atoms with Gasteiger partial charge in [-0.1, -0.05) is 35.0 Å². The van der Waals surface area contributed by atoms with Crippen LogP contribution in [0.3, 0.4) is 0 Å². The largest absolute Gasteiger partial charge is 0.496 e. The summed E-state index contributed by atoms with van der Waals surface area (Å²) in [5, 5.41) is 1.62. The van der Waals surface area contributed by atoms with E-state index in [1.807, 2.05) is 31.2 Å². The minimum absolute atomic E-state index is 0.0378. The van der Waals surface area contributed by atoms with Crippen LogP contribution in [0.5, 0.6) is 5.75 Å². The number of carbonyl (C=O) groups is 1. The second kappa shape index (κ2) is 7.14. The highest BCUT2D eigenvalue weighted by Crippen LogP contribution is 2.54. The van der Waals surface area contributed by atoms with E-state index in [-0.39, 0.29) is 5.78 Å². The summed E-state index contributed by atoms with van der Waals surface area (Å²) in [7, 11) is 1.67. The van der Waals surface area contributed by atoms with E-state index in [1.165, 1.54) is 0 Å². The highest BCUT2D eigenvalue weighted by molar-refractivity contribution is 8.03. The molecule has 0 amide bonds. The van der Waals surface area contributed by atoms with E-state index >= 15 is 0 Å². The molecule has 3 nitrogen and oxygen atoms in total. The van der Waals surface area contributed by atoms with Gasteiger partial charge in [0.2, 0.25) is 0 Å². The lowest BCUT2D eigenvalue weighted by Crippen LogP contribution is -2.18. The number of methoxy groups -OCH3 is 1. The van der Waals surface area contributed by atoms with Gasteiger partial charge in [-0.05, 0) is 45.0 Å². The number of rotatable bonds is 4. The Morgan fingerprint density at radius 1 is 1.32 bits per heavy atom. The Morgan fingerprint density at radius 3 is 2.72 bits per heavy atom. The van der Waals surface area contributed by atoms with Crippen LogP contribution in [0.25, 0.3) is 11.1 Å². The number of anilines is 1. The van der Waals surface area contributed by atoms with Gasteiger partial charge < -0.3 is 9.64 Å². The number of hydrogen-bond donors (Lipinski definition) is 0. The molecular weight excluding hydrogens is 354 g/mol. The molecule has 130 valence electrons. The third-order valence-electron chi connectivity index (χ3n) is 4.11. The van der Waals surface area contributed by atoms with E-state index in [9.17, 15) is 4.79 Å². The molecule has 0 fully saturated rings. The molecule has 0 atom stereocenters. The molecule has 0 N–H and O–H groups in total. The van der Waals surface area contributed by atoms with Crippen molar-refractivity contribution in [3.8, 4) is 16.9 Å². The monoisotopic (exact) mass is 373 g/mol. The Morgan fingerprint density at radius 2 is 2.08 bits per heavy atom. The van der Waals surface area contributed by atoms with Crippen LogP contribution in [0.2, 0.25) is 5.02 Å². The third-order valence-corrected chi connectivity index (χ3v) is 5.53. The topological polar surface area (TPSA) is 29.5 Å². The van der Waals surface area contributed by atoms with Gasteiger partial charge in [0.25, 0.3) is 0 Å². The number of halogens is 1. The molecule has 1 aliphatic heterocycles. The first kappa shape index (κ1) is 17.9. The fourth-order valence-electron chi connectivity index (χ4n) is 3.04. The van der Waals surface area contributed by atoms with Crippen LogP contribution in [0.15, 0.2) is 46.3 Å². The Hall–Kier alpha value is -1.91. The predicted molar refractivity (Wildman–Crippen MR) is 106 cm³/mol. The van der Waals surface area contributed by atoms with Gasteiger partial charge in [0.1, 0.15) is 5.75 Å². The quantitative estimate of drug-likeness (QED) is 0.644. The highest BCUT2D eigenvalue weighted by Gasteiger charge is 2.30. The lowest BCUT2D eigenvalue weighted by Gasteiger charge is -2.23. The van der Waals surface area contributed by atoms with Crippen LogP contribution in [0, 0.1) is 6.92 Å². The van der Waals surface area contributed by atoms with Gasteiger partial charge in [0.05, 0.1) is 23.4 Å². The number of thioether (sulfide) groups is 1. The lowest BCUT2D eigenvalue weighted by atomic mass is 9.99. The van der Waals surface area contributed by atoms with Crippen molar-refractivity contribution in [2.75, 3.05) is 18.6 Å². The van der Waals surface area contributed by atoms with Crippen molar-refractivity contribution in [1.82, 2.24) is 0 Å². The molecule has 3 rings (SSSR count).